The Bertz CT molecular complexity index is 1540. The molecule has 3 heterocycles. The van der Waals surface area contributed by atoms with Gasteiger partial charge >= 0.3 is 0 Å². The number of hydrogen-bond donors (Lipinski definition) is 0. The Morgan fingerprint density at radius 3 is 2.33 bits per heavy atom. The monoisotopic (exact) mass is 570 g/mol. The minimum Gasteiger partial charge on any atom is -0.494 e. The van der Waals surface area contributed by atoms with Crippen LogP contribution in [0.2, 0.25) is 0 Å². The van der Waals surface area contributed by atoms with Gasteiger partial charge in [-0.25, -0.2) is 23.4 Å². The lowest BCUT2D eigenvalue weighted by atomic mass is 10.2. The molecule has 11 nitrogen and oxygen atoms in total. The van der Waals surface area contributed by atoms with Crippen molar-refractivity contribution in [2.24, 2.45) is 0 Å². The number of aryl methyl sites for hydroxylation is 1. The lowest BCUT2D eigenvalue weighted by Gasteiger charge is -2.22. The molecule has 0 aliphatic heterocycles. The molecule has 1 aliphatic rings. The standard InChI is InChI=1S/C26H30N6O5S2/c1-15-11-27-24(28-12-15)23(37-5)16(2)39(33,34)14-21-30-31-25(26-29-18(13-38-26)17-9-10-17)32(21)22-19(35-3)7-6-8-20(22)36-4/h6-8,11-13,16-17,23H,9-10,14H2,1-5H3/t16-,23-/m0/s1. The summed E-state index contributed by atoms with van der Waals surface area (Å²) >= 11 is 1.45. The largest absolute Gasteiger partial charge is 0.494 e. The predicted octanol–water partition coefficient (Wildman–Crippen LogP) is 4.07. The first-order valence-electron chi connectivity index (χ1n) is 12.4. The molecular weight excluding hydrogens is 540 g/mol. The lowest BCUT2D eigenvalue weighted by molar-refractivity contribution is 0.0947. The number of ether oxygens (including phenoxy) is 3. The van der Waals surface area contributed by atoms with Crippen molar-refractivity contribution in [1.29, 1.82) is 0 Å². The Balaban J connectivity index is 1.59. The second kappa shape index (κ2) is 11.0. The molecule has 2 atom stereocenters. The molecule has 0 saturated heterocycles. The van der Waals surface area contributed by atoms with Crippen molar-refractivity contribution >= 4 is 21.2 Å². The molecule has 0 amide bonds. The number of rotatable bonds is 11. The molecule has 13 heteroatoms. The zero-order valence-corrected chi connectivity index (χ0v) is 24.0. The van der Waals surface area contributed by atoms with E-state index in [9.17, 15) is 8.42 Å². The predicted molar refractivity (Wildman–Crippen MR) is 146 cm³/mol. The van der Waals surface area contributed by atoms with Gasteiger partial charge in [-0.1, -0.05) is 6.07 Å². The summed E-state index contributed by atoms with van der Waals surface area (Å²) in [6.45, 7) is 3.44. The number of nitrogens with zero attached hydrogens (tertiary/aromatic N) is 6. The van der Waals surface area contributed by atoms with Crippen LogP contribution in [-0.2, 0) is 20.3 Å². The van der Waals surface area contributed by atoms with Gasteiger partial charge in [-0.2, -0.15) is 0 Å². The molecule has 0 unspecified atom stereocenters. The van der Waals surface area contributed by atoms with E-state index in [1.807, 2.05) is 12.3 Å². The fourth-order valence-electron chi connectivity index (χ4n) is 4.35. The average molecular weight is 571 g/mol. The second-order valence-corrected chi connectivity index (χ2v) is 12.6. The Labute approximate surface area is 231 Å². The van der Waals surface area contributed by atoms with Gasteiger partial charge in [-0.05, 0) is 44.4 Å². The molecular formula is C26H30N6O5S2. The van der Waals surface area contributed by atoms with Crippen LogP contribution in [-0.4, -0.2) is 64.7 Å². The summed E-state index contributed by atoms with van der Waals surface area (Å²) in [5.41, 5.74) is 2.37. The zero-order valence-electron chi connectivity index (χ0n) is 22.4. The summed E-state index contributed by atoms with van der Waals surface area (Å²) in [6.07, 6.45) is 4.63. The van der Waals surface area contributed by atoms with E-state index in [1.54, 1.807) is 56.3 Å². The van der Waals surface area contributed by atoms with E-state index in [-0.39, 0.29) is 5.82 Å². The maximum absolute atomic E-state index is 13.8. The van der Waals surface area contributed by atoms with Crippen LogP contribution in [0.15, 0.2) is 36.0 Å². The quantitative estimate of drug-likeness (QED) is 0.260. The van der Waals surface area contributed by atoms with E-state index >= 15 is 0 Å². The Hall–Kier alpha value is -3.42. The average Bonchev–Trinajstić information content (AvgIpc) is 3.53. The van der Waals surface area contributed by atoms with Gasteiger partial charge in [-0.15, -0.1) is 21.5 Å². The molecule has 1 aromatic carbocycles. The first-order valence-corrected chi connectivity index (χ1v) is 15.0. The van der Waals surface area contributed by atoms with E-state index in [1.165, 1.54) is 18.4 Å². The van der Waals surface area contributed by atoms with Crippen molar-refractivity contribution in [3.05, 3.63) is 58.9 Å². The third kappa shape index (κ3) is 5.38. The van der Waals surface area contributed by atoms with Crippen LogP contribution in [0.5, 0.6) is 11.5 Å². The van der Waals surface area contributed by atoms with Crippen LogP contribution in [0.25, 0.3) is 16.5 Å². The number of sulfone groups is 1. The van der Waals surface area contributed by atoms with Gasteiger partial charge in [-0.3, -0.25) is 4.57 Å². The topological polar surface area (TPSA) is 131 Å². The normalized spacial score (nSPS) is 15.2. The molecule has 0 radical (unpaired) electrons. The number of hydrogen-bond acceptors (Lipinski definition) is 11. The molecule has 1 fully saturated rings. The van der Waals surface area contributed by atoms with E-state index in [2.05, 4.69) is 20.2 Å². The van der Waals surface area contributed by atoms with E-state index in [4.69, 9.17) is 19.2 Å². The Kier molecular flexibility index (Phi) is 7.65. The first-order chi connectivity index (χ1) is 18.8. The highest BCUT2D eigenvalue weighted by Gasteiger charge is 2.36. The van der Waals surface area contributed by atoms with Crippen molar-refractivity contribution in [3.8, 4) is 28.0 Å². The van der Waals surface area contributed by atoms with Gasteiger partial charge in [0.1, 0.15) is 29.0 Å². The molecule has 206 valence electrons. The van der Waals surface area contributed by atoms with Crippen molar-refractivity contribution in [2.75, 3.05) is 21.3 Å². The van der Waals surface area contributed by atoms with Gasteiger partial charge in [0.15, 0.2) is 32.3 Å². The van der Waals surface area contributed by atoms with E-state index in [0.717, 1.165) is 24.1 Å². The number of thiazole rings is 1. The summed E-state index contributed by atoms with van der Waals surface area (Å²) < 4.78 is 46.1. The molecule has 0 spiro atoms. The summed E-state index contributed by atoms with van der Waals surface area (Å²) in [7, 11) is 0.682. The molecule has 5 rings (SSSR count). The van der Waals surface area contributed by atoms with Crippen LogP contribution >= 0.6 is 11.3 Å². The molecule has 1 saturated carbocycles. The van der Waals surface area contributed by atoms with E-state index in [0.29, 0.717) is 39.8 Å². The minimum absolute atomic E-state index is 0.197. The van der Waals surface area contributed by atoms with Gasteiger partial charge in [0.2, 0.25) is 0 Å². The van der Waals surface area contributed by atoms with Crippen LogP contribution < -0.4 is 9.47 Å². The fraction of sp³-hybridized carbons (Fsp3) is 0.423. The maximum atomic E-state index is 13.8. The Morgan fingerprint density at radius 1 is 1.08 bits per heavy atom. The van der Waals surface area contributed by atoms with Crippen LogP contribution in [0.1, 0.15) is 54.7 Å². The first kappa shape index (κ1) is 27.2. The van der Waals surface area contributed by atoms with Crippen LogP contribution in [0, 0.1) is 6.92 Å². The highest BCUT2D eigenvalue weighted by atomic mass is 32.2. The van der Waals surface area contributed by atoms with Crippen molar-refractivity contribution in [1.82, 2.24) is 29.7 Å². The molecule has 4 aromatic rings. The summed E-state index contributed by atoms with van der Waals surface area (Å²) in [5, 5.41) is 10.4. The highest BCUT2D eigenvalue weighted by Crippen LogP contribution is 2.42. The third-order valence-corrected chi connectivity index (χ3v) is 9.59. The number of methoxy groups -OCH3 is 3. The summed E-state index contributed by atoms with van der Waals surface area (Å²) in [5.74, 6) is 1.90. The van der Waals surface area contributed by atoms with Gasteiger partial charge in [0.05, 0.1) is 25.2 Å². The summed E-state index contributed by atoms with van der Waals surface area (Å²) in [4.78, 5) is 13.4. The zero-order chi connectivity index (χ0) is 27.7. The maximum Gasteiger partial charge on any atom is 0.197 e. The lowest BCUT2D eigenvalue weighted by Crippen LogP contribution is -2.30. The number of para-hydroxylation sites is 1. The molecule has 3 aromatic heterocycles. The summed E-state index contributed by atoms with van der Waals surface area (Å²) in [6, 6.07) is 5.34. The number of aromatic nitrogens is 6. The molecule has 1 aliphatic carbocycles. The second-order valence-electron chi connectivity index (χ2n) is 9.43. The van der Waals surface area contributed by atoms with E-state index < -0.39 is 26.9 Å². The third-order valence-electron chi connectivity index (χ3n) is 6.70. The minimum atomic E-state index is -3.85. The molecule has 0 bridgehead atoms. The van der Waals surface area contributed by atoms with Crippen molar-refractivity contribution in [3.63, 3.8) is 0 Å². The van der Waals surface area contributed by atoms with Crippen LogP contribution in [0.3, 0.4) is 0 Å². The Morgan fingerprint density at radius 2 is 1.74 bits per heavy atom. The highest BCUT2D eigenvalue weighted by molar-refractivity contribution is 7.91. The SMILES string of the molecule is COc1cccc(OC)c1-n1c(CS(=O)(=O)[C@@H](C)[C@H](OC)c2ncc(C)cn2)nnc1-c1nc(C2CC2)cs1. The molecule has 39 heavy (non-hydrogen) atoms. The smallest absolute Gasteiger partial charge is 0.197 e. The van der Waals surface area contributed by atoms with Crippen molar-refractivity contribution < 1.29 is 22.6 Å². The van der Waals surface area contributed by atoms with Gasteiger partial charge in [0, 0.05) is 30.8 Å². The van der Waals surface area contributed by atoms with Crippen LogP contribution in [0.4, 0.5) is 0 Å². The van der Waals surface area contributed by atoms with Crippen molar-refractivity contribution in [2.45, 2.75) is 49.7 Å². The number of benzene rings is 1. The fourth-order valence-corrected chi connectivity index (χ4v) is 6.64. The molecule has 0 N–H and O–H groups in total. The van der Waals surface area contributed by atoms with Gasteiger partial charge < -0.3 is 14.2 Å². The van der Waals surface area contributed by atoms with Gasteiger partial charge in [0.25, 0.3) is 0 Å².